The fourth-order valence-electron chi connectivity index (χ4n) is 6.10. The van der Waals surface area contributed by atoms with Crippen molar-refractivity contribution >= 4 is 40.5 Å². The van der Waals surface area contributed by atoms with Gasteiger partial charge >= 0.3 is 5.97 Å². The first-order valence-electron chi connectivity index (χ1n) is 18.4. The number of benzene rings is 3. The van der Waals surface area contributed by atoms with E-state index in [9.17, 15) is 19.2 Å². The Hall–Kier alpha value is -4.65. The second kappa shape index (κ2) is 18.9. The highest BCUT2D eigenvalue weighted by Gasteiger charge is 2.31. The molecule has 4 aromatic rings. The summed E-state index contributed by atoms with van der Waals surface area (Å²) in [7, 11) is 0. The quantitative estimate of drug-likeness (QED) is 0.0779. The molecular formula is C41H51N5O6S. The molecule has 0 radical (unpaired) electrons. The molecule has 0 aliphatic carbocycles. The zero-order chi connectivity index (χ0) is 37.8. The first-order chi connectivity index (χ1) is 25.6. The topological polar surface area (TPSA) is 142 Å². The molecule has 0 unspecified atom stereocenters. The van der Waals surface area contributed by atoms with Crippen LogP contribution in [-0.2, 0) is 37.8 Å². The number of carboxylic acids is 1. The number of unbranched alkanes of at least 4 members (excludes halogenated alkanes) is 1. The Balaban J connectivity index is 1.34. The van der Waals surface area contributed by atoms with Crippen molar-refractivity contribution in [3.05, 3.63) is 90.0 Å². The van der Waals surface area contributed by atoms with Crippen molar-refractivity contribution in [3.8, 4) is 16.9 Å². The van der Waals surface area contributed by atoms with E-state index in [2.05, 4.69) is 40.3 Å². The Labute approximate surface area is 315 Å². The number of nitrogens with zero attached hydrogens (tertiary/aromatic N) is 4. The number of ether oxygens (including phenoxy) is 2. The maximum atomic E-state index is 13.8. The Morgan fingerprint density at radius 2 is 1.74 bits per heavy atom. The molecule has 1 atom stereocenters. The van der Waals surface area contributed by atoms with E-state index in [0.29, 0.717) is 61.1 Å². The van der Waals surface area contributed by atoms with Gasteiger partial charge in [-0.3, -0.25) is 9.59 Å². The lowest BCUT2D eigenvalue weighted by Gasteiger charge is -2.34. The molecule has 1 amide bonds. The number of hydrogen-bond donors (Lipinski definition) is 2. The van der Waals surface area contributed by atoms with E-state index in [-0.39, 0.29) is 11.7 Å². The summed E-state index contributed by atoms with van der Waals surface area (Å²) in [6.45, 7) is 11.1. The first kappa shape index (κ1) is 39.6. The van der Waals surface area contributed by atoms with Crippen LogP contribution in [0, 0.1) is 5.41 Å². The molecule has 1 aromatic heterocycles. The molecule has 1 aliphatic heterocycles. The predicted molar refractivity (Wildman–Crippen MR) is 209 cm³/mol. The van der Waals surface area contributed by atoms with E-state index in [1.807, 2.05) is 47.0 Å². The van der Waals surface area contributed by atoms with E-state index >= 15 is 0 Å². The molecular weight excluding hydrogens is 691 g/mol. The zero-order valence-electron chi connectivity index (χ0n) is 31.2. The number of hydrogen-bond acceptors (Lipinski definition) is 8. The van der Waals surface area contributed by atoms with Gasteiger partial charge in [0, 0.05) is 43.2 Å². The Kier molecular flexibility index (Phi) is 14.1. The van der Waals surface area contributed by atoms with Crippen molar-refractivity contribution in [1.82, 2.24) is 14.8 Å². The smallest absolute Gasteiger partial charge is 0.310 e. The highest BCUT2D eigenvalue weighted by molar-refractivity contribution is 7.90. The summed E-state index contributed by atoms with van der Waals surface area (Å²) in [5.74, 6) is 0.612. The molecule has 282 valence electrons. The van der Waals surface area contributed by atoms with Gasteiger partial charge in [-0.1, -0.05) is 38.5 Å². The summed E-state index contributed by atoms with van der Waals surface area (Å²) in [6.07, 6.45) is 7.82. The number of carboxylic acid groups (broad SMARTS) is 1. The van der Waals surface area contributed by atoms with Gasteiger partial charge in [0.25, 0.3) is 5.91 Å². The molecule has 0 spiro atoms. The van der Waals surface area contributed by atoms with Crippen molar-refractivity contribution < 1.29 is 28.7 Å². The molecule has 0 fully saturated rings. The molecule has 11 nitrogen and oxygen atoms in total. The molecule has 2 heterocycles. The second-order valence-electron chi connectivity index (χ2n) is 13.9. The van der Waals surface area contributed by atoms with E-state index in [1.54, 1.807) is 44.4 Å². The van der Waals surface area contributed by atoms with Gasteiger partial charge in [-0.15, -0.1) is 10.2 Å². The van der Waals surface area contributed by atoms with Crippen molar-refractivity contribution in [2.24, 2.45) is 5.41 Å². The van der Waals surface area contributed by atoms with Crippen LogP contribution in [0.2, 0.25) is 0 Å². The minimum absolute atomic E-state index is 0.220. The number of carbonyl (C=O) groups is 2. The van der Waals surface area contributed by atoms with Gasteiger partial charge in [0.2, 0.25) is 0 Å². The van der Waals surface area contributed by atoms with Crippen LogP contribution in [0.5, 0.6) is 5.75 Å². The molecule has 0 saturated heterocycles. The van der Waals surface area contributed by atoms with Crippen LogP contribution in [0.3, 0.4) is 0 Å². The molecule has 1 aliphatic rings. The number of anilines is 2. The van der Waals surface area contributed by atoms with Crippen molar-refractivity contribution in [3.63, 3.8) is 0 Å². The van der Waals surface area contributed by atoms with E-state index in [4.69, 9.17) is 9.47 Å². The van der Waals surface area contributed by atoms with E-state index < -0.39 is 22.6 Å². The van der Waals surface area contributed by atoms with E-state index in [1.165, 1.54) is 0 Å². The number of aryl methyl sites for hydroxylation is 1. The normalized spacial score (nSPS) is 14.7. The molecule has 3 aromatic carbocycles. The summed E-state index contributed by atoms with van der Waals surface area (Å²) >= 11 is -1.32. The Morgan fingerprint density at radius 1 is 0.981 bits per heavy atom. The van der Waals surface area contributed by atoms with Crippen LogP contribution in [0.1, 0.15) is 71.2 Å². The van der Waals surface area contributed by atoms with Crippen LogP contribution < -0.4 is 15.0 Å². The first-order valence-corrected chi connectivity index (χ1v) is 19.7. The van der Waals surface area contributed by atoms with Gasteiger partial charge in [-0.05, 0) is 122 Å². The number of amides is 1. The second-order valence-corrected chi connectivity index (χ2v) is 15.4. The van der Waals surface area contributed by atoms with E-state index in [0.717, 1.165) is 60.5 Å². The minimum Gasteiger partial charge on any atom is -0.611 e. The Morgan fingerprint density at radius 3 is 2.45 bits per heavy atom. The molecule has 0 saturated carbocycles. The van der Waals surface area contributed by atoms with Gasteiger partial charge in [-0.2, -0.15) is 0 Å². The highest BCUT2D eigenvalue weighted by atomic mass is 32.2. The third-order valence-electron chi connectivity index (χ3n) is 9.15. The molecule has 2 N–H and O–H groups in total. The third-order valence-corrected chi connectivity index (χ3v) is 10.5. The summed E-state index contributed by atoms with van der Waals surface area (Å²) in [6, 6.07) is 21.0. The minimum atomic E-state index is -1.32. The summed E-state index contributed by atoms with van der Waals surface area (Å²) in [4.78, 5) is 28.6. The predicted octanol–water partition coefficient (Wildman–Crippen LogP) is 7.59. The zero-order valence-corrected chi connectivity index (χ0v) is 32.0. The van der Waals surface area contributed by atoms with Crippen LogP contribution in [0.4, 0.5) is 11.4 Å². The summed E-state index contributed by atoms with van der Waals surface area (Å²) in [5.41, 5.74) is 3.90. The monoisotopic (exact) mass is 741 g/mol. The number of nitrogens with one attached hydrogen (secondary N) is 1. The maximum absolute atomic E-state index is 13.8. The van der Waals surface area contributed by atoms with Gasteiger partial charge in [-0.25, -0.2) is 0 Å². The van der Waals surface area contributed by atoms with Gasteiger partial charge in [0.15, 0.2) is 16.5 Å². The lowest BCUT2D eigenvalue weighted by atomic mass is 9.91. The number of fused-ring (bicyclic) bond motifs is 1. The SMILES string of the molecule is CCCCOCCOc1ccc(-c2ccc3c(c2)/C=C(/C(=O)Nc2ccc([S@@+]([O-])Cc4nncn4CCC)cc2)CCCN3CC(C)(C)C(=O)O)cc1. The van der Waals surface area contributed by atoms with Crippen molar-refractivity contribution in [2.45, 2.75) is 77.0 Å². The van der Waals surface area contributed by atoms with Gasteiger partial charge < -0.3 is 33.9 Å². The summed E-state index contributed by atoms with van der Waals surface area (Å²) in [5, 5.41) is 21.0. The largest absolute Gasteiger partial charge is 0.611 e. The average molecular weight is 742 g/mol. The van der Waals surface area contributed by atoms with Crippen LogP contribution in [-0.4, -0.2) is 69.2 Å². The van der Waals surface area contributed by atoms with Gasteiger partial charge in [0.1, 0.15) is 18.7 Å². The molecule has 53 heavy (non-hydrogen) atoms. The van der Waals surface area contributed by atoms with Crippen LogP contribution in [0.15, 0.2) is 83.5 Å². The lowest BCUT2D eigenvalue weighted by molar-refractivity contribution is -0.146. The Bertz CT molecular complexity index is 1840. The highest BCUT2D eigenvalue weighted by Crippen LogP contribution is 2.35. The average Bonchev–Trinajstić information content (AvgIpc) is 3.57. The fourth-order valence-corrected chi connectivity index (χ4v) is 7.16. The number of carbonyl (C=O) groups excluding carboxylic acids is 1. The van der Waals surface area contributed by atoms with Crippen LogP contribution >= 0.6 is 0 Å². The molecule has 0 bridgehead atoms. The maximum Gasteiger partial charge on any atom is 0.310 e. The number of rotatable bonds is 18. The lowest BCUT2D eigenvalue weighted by Crippen LogP contribution is -2.40. The van der Waals surface area contributed by atoms with Crippen molar-refractivity contribution in [2.75, 3.05) is 43.1 Å². The van der Waals surface area contributed by atoms with Crippen LogP contribution in [0.25, 0.3) is 17.2 Å². The van der Waals surface area contributed by atoms with Gasteiger partial charge in [0.05, 0.1) is 12.0 Å². The molecule has 12 heteroatoms. The molecule has 5 rings (SSSR count). The number of aromatic nitrogens is 3. The third kappa shape index (κ3) is 10.9. The number of aliphatic carboxylic acids is 1. The standard InChI is InChI=1S/C41H51N5O6S/c1-5-7-22-51-23-24-52-35-15-10-30(11-16-35)31-12-19-37-33(25-31)26-32(9-8-21-45(37)28-41(3,4)40(48)49)39(47)43-34-13-17-36(18-14-34)53(50)27-38-44-42-29-46(38)20-6-2/h10-19,25-26,29H,5-9,20-24,27-28H2,1-4H3,(H,43,47)(H,48,49)/b32-26+/t53-/m0/s1. The van der Waals surface area contributed by atoms with Crippen molar-refractivity contribution in [1.29, 1.82) is 0 Å². The fraction of sp³-hybridized carbons (Fsp3) is 0.415. The summed E-state index contributed by atoms with van der Waals surface area (Å²) < 4.78 is 26.5.